The number of halogens is 1. The summed E-state index contributed by atoms with van der Waals surface area (Å²) in [6.07, 6.45) is -0.175. The molecule has 0 radical (unpaired) electrons. The van der Waals surface area contributed by atoms with Crippen LogP contribution in [0.4, 0.5) is 10.1 Å². The number of ether oxygens (including phenoxy) is 1. The number of aromatic nitrogens is 2. The zero-order valence-electron chi connectivity index (χ0n) is 10.0. The molecule has 0 aliphatic carbocycles. The lowest BCUT2D eigenvalue weighted by molar-refractivity contribution is 0.0677. The zero-order valence-corrected chi connectivity index (χ0v) is 10.8. The Morgan fingerprint density at radius 3 is 3.11 bits per heavy atom. The van der Waals surface area contributed by atoms with Gasteiger partial charge in [0.05, 0.1) is 12.2 Å². The van der Waals surface area contributed by atoms with Crippen molar-refractivity contribution in [3.8, 4) is 11.5 Å². The Bertz CT molecular complexity index is 584. The van der Waals surface area contributed by atoms with E-state index in [0.29, 0.717) is 23.7 Å². The highest BCUT2D eigenvalue weighted by Crippen LogP contribution is 2.29. The molecule has 1 atom stereocenters. The summed E-state index contributed by atoms with van der Waals surface area (Å²) in [5, 5.41) is 3.88. The highest BCUT2D eigenvalue weighted by molar-refractivity contribution is 7.99. The fourth-order valence-corrected chi connectivity index (χ4v) is 2.67. The van der Waals surface area contributed by atoms with Crippen LogP contribution in [0.3, 0.4) is 0 Å². The van der Waals surface area contributed by atoms with E-state index in [4.69, 9.17) is 15.0 Å². The van der Waals surface area contributed by atoms with Crippen molar-refractivity contribution in [1.82, 2.24) is 10.1 Å². The summed E-state index contributed by atoms with van der Waals surface area (Å²) < 4.78 is 23.9. The first-order valence-electron chi connectivity index (χ1n) is 5.82. The number of anilines is 1. The summed E-state index contributed by atoms with van der Waals surface area (Å²) in [6.45, 7) is 0.668. The molecule has 1 saturated heterocycles. The molecule has 2 N–H and O–H groups in total. The predicted octanol–water partition coefficient (Wildman–Crippen LogP) is 2.26. The lowest BCUT2D eigenvalue weighted by Gasteiger charge is -2.18. The standard InChI is InChI=1S/C12H12FN3O2S/c13-7-1-2-9(14)8(5-7)12-15-11(16-18-12)10-6-19-4-3-17-10/h1-2,5,10H,3-4,6,14H2. The number of nitrogens with two attached hydrogens (primary N) is 1. The summed E-state index contributed by atoms with van der Waals surface area (Å²) in [7, 11) is 0. The van der Waals surface area contributed by atoms with Crippen LogP contribution in [-0.4, -0.2) is 28.3 Å². The van der Waals surface area contributed by atoms with Gasteiger partial charge in [0.25, 0.3) is 5.89 Å². The van der Waals surface area contributed by atoms with Crippen LogP contribution in [0, 0.1) is 5.82 Å². The minimum absolute atomic E-state index is 0.175. The van der Waals surface area contributed by atoms with Crippen molar-refractivity contribution in [3.63, 3.8) is 0 Å². The second kappa shape index (κ2) is 5.18. The van der Waals surface area contributed by atoms with Crippen LogP contribution in [0.25, 0.3) is 11.5 Å². The van der Waals surface area contributed by atoms with Gasteiger partial charge in [-0.05, 0) is 18.2 Å². The molecule has 5 nitrogen and oxygen atoms in total. The second-order valence-electron chi connectivity index (χ2n) is 4.12. The Kier molecular flexibility index (Phi) is 3.39. The quantitative estimate of drug-likeness (QED) is 0.851. The largest absolute Gasteiger partial charge is 0.398 e. The van der Waals surface area contributed by atoms with E-state index >= 15 is 0 Å². The smallest absolute Gasteiger partial charge is 0.260 e. The molecule has 2 heterocycles. The Labute approximate surface area is 113 Å². The molecule has 0 bridgehead atoms. The maximum Gasteiger partial charge on any atom is 0.260 e. The molecule has 2 aromatic rings. The number of hydrogen-bond donors (Lipinski definition) is 1. The van der Waals surface area contributed by atoms with E-state index in [-0.39, 0.29) is 12.0 Å². The van der Waals surface area contributed by atoms with Crippen molar-refractivity contribution in [1.29, 1.82) is 0 Å². The normalized spacial score (nSPS) is 19.5. The minimum Gasteiger partial charge on any atom is -0.398 e. The van der Waals surface area contributed by atoms with Gasteiger partial charge in [-0.2, -0.15) is 16.7 Å². The summed E-state index contributed by atoms with van der Waals surface area (Å²) in [5.74, 6) is 2.06. The maximum atomic E-state index is 13.2. The van der Waals surface area contributed by atoms with Crippen molar-refractivity contribution in [2.24, 2.45) is 0 Å². The third-order valence-electron chi connectivity index (χ3n) is 2.79. The van der Waals surface area contributed by atoms with E-state index < -0.39 is 5.82 Å². The SMILES string of the molecule is Nc1ccc(F)cc1-c1nc(C2CSCCO2)no1. The number of nitrogen functional groups attached to an aromatic ring is 1. The van der Waals surface area contributed by atoms with Gasteiger partial charge >= 0.3 is 0 Å². The first-order chi connectivity index (χ1) is 9.24. The molecule has 0 saturated carbocycles. The van der Waals surface area contributed by atoms with E-state index in [2.05, 4.69) is 10.1 Å². The predicted molar refractivity (Wildman–Crippen MR) is 70.1 cm³/mol. The van der Waals surface area contributed by atoms with Gasteiger partial charge in [0.15, 0.2) is 0 Å². The molecule has 1 aliphatic rings. The first kappa shape index (κ1) is 12.4. The van der Waals surface area contributed by atoms with Crippen LogP contribution in [-0.2, 0) is 4.74 Å². The molecule has 1 fully saturated rings. The Hall–Kier alpha value is -1.60. The summed E-state index contributed by atoms with van der Waals surface area (Å²) in [5.41, 5.74) is 6.58. The molecule has 1 aliphatic heterocycles. The topological polar surface area (TPSA) is 74.2 Å². The van der Waals surface area contributed by atoms with Crippen molar-refractivity contribution >= 4 is 17.4 Å². The number of thioether (sulfide) groups is 1. The van der Waals surface area contributed by atoms with Crippen molar-refractivity contribution in [2.45, 2.75) is 6.10 Å². The van der Waals surface area contributed by atoms with Crippen molar-refractivity contribution in [3.05, 3.63) is 29.8 Å². The van der Waals surface area contributed by atoms with Crippen LogP contribution in [0.1, 0.15) is 11.9 Å². The van der Waals surface area contributed by atoms with E-state index in [1.165, 1.54) is 18.2 Å². The molecule has 3 rings (SSSR count). The van der Waals surface area contributed by atoms with Gasteiger partial charge < -0.3 is 15.0 Å². The Balaban J connectivity index is 1.89. The fraction of sp³-hybridized carbons (Fsp3) is 0.333. The molecule has 7 heteroatoms. The van der Waals surface area contributed by atoms with Crippen molar-refractivity contribution < 1.29 is 13.7 Å². The lowest BCUT2D eigenvalue weighted by atomic mass is 10.2. The molecule has 1 unspecified atom stereocenters. The lowest BCUT2D eigenvalue weighted by Crippen LogP contribution is -2.16. The summed E-state index contributed by atoms with van der Waals surface area (Å²) in [6, 6.07) is 4.04. The number of rotatable bonds is 2. The van der Waals surface area contributed by atoms with E-state index in [9.17, 15) is 4.39 Å². The first-order valence-corrected chi connectivity index (χ1v) is 6.98. The zero-order chi connectivity index (χ0) is 13.2. The van der Waals surface area contributed by atoms with E-state index in [1.54, 1.807) is 11.8 Å². The van der Waals surface area contributed by atoms with Gasteiger partial charge in [-0.1, -0.05) is 5.16 Å². The van der Waals surface area contributed by atoms with Gasteiger partial charge in [-0.25, -0.2) is 4.39 Å². The molecule has 0 amide bonds. The van der Waals surface area contributed by atoms with Gasteiger partial charge in [0, 0.05) is 17.2 Å². The highest BCUT2D eigenvalue weighted by atomic mass is 32.2. The molecule has 1 aromatic heterocycles. The number of benzene rings is 1. The summed E-state index contributed by atoms with van der Waals surface area (Å²) >= 11 is 1.78. The minimum atomic E-state index is -0.395. The van der Waals surface area contributed by atoms with Crippen LogP contribution >= 0.6 is 11.8 Å². The van der Waals surface area contributed by atoms with Crippen LogP contribution in [0.15, 0.2) is 22.7 Å². The van der Waals surface area contributed by atoms with Crippen LogP contribution < -0.4 is 5.73 Å². The third-order valence-corrected chi connectivity index (χ3v) is 3.79. The van der Waals surface area contributed by atoms with Gasteiger partial charge in [-0.3, -0.25) is 0 Å². The average molecular weight is 281 g/mol. The molecular weight excluding hydrogens is 269 g/mol. The van der Waals surface area contributed by atoms with E-state index in [1.807, 2.05) is 0 Å². The molecule has 0 spiro atoms. The maximum absolute atomic E-state index is 13.2. The summed E-state index contributed by atoms with van der Waals surface area (Å²) in [4.78, 5) is 4.24. The van der Waals surface area contributed by atoms with Crippen LogP contribution in [0.2, 0.25) is 0 Å². The highest BCUT2D eigenvalue weighted by Gasteiger charge is 2.23. The monoisotopic (exact) mass is 281 g/mol. The fourth-order valence-electron chi connectivity index (χ4n) is 1.83. The average Bonchev–Trinajstić information content (AvgIpc) is 2.92. The molecule has 100 valence electrons. The Morgan fingerprint density at radius 2 is 2.32 bits per heavy atom. The molecule has 1 aromatic carbocycles. The van der Waals surface area contributed by atoms with Gasteiger partial charge in [-0.15, -0.1) is 0 Å². The third kappa shape index (κ3) is 2.57. The number of hydrogen-bond acceptors (Lipinski definition) is 6. The van der Waals surface area contributed by atoms with E-state index in [0.717, 1.165) is 11.5 Å². The Morgan fingerprint density at radius 1 is 1.42 bits per heavy atom. The van der Waals surface area contributed by atoms with Crippen molar-refractivity contribution in [2.75, 3.05) is 23.8 Å². The van der Waals surface area contributed by atoms with Gasteiger partial charge in [0.1, 0.15) is 11.9 Å². The molecular formula is C12H12FN3O2S. The second-order valence-corrected chi connectivity index (χ2v) is 5.27. The number of nitrogens with zero attached hydrogens (tertiary/aromatic N) is 2. The van der Waals surface area contributed by atoms with Gasteiger partial charge in [0.2, 0.25) is 5.82 Å². The molecule has 19 heavy (non-hydrogen) atoms. The van der Waals surface area contributed by atoms with Crippen LogP contribution in [0.5, 0.6) is 0 Å².